The quantitative estimate of drug-likeness (QED) is 0.603. The highest BCUT2D eigenvalue weighted by atomic mass is 16.5. The monoisotopic (exact) mass is 160 g/mol. The first-order valence-corrected chi connectivity index (χ1v) is 3.87. The first-order chi connectivity index (χ1) is 5.86. The van der Waals surface area contributed by atoms with Gasteiger partial charge >= 0.3 is 0 Å². The van der Waals surface area contributed by atoms with Crippen LogP contribution in [0.5, 0.6) is 0 Å². The highest BCUT2D eigenvalue weighted by molar-refractivity contribution is 5.36. The summed E-state index contributed by atoms with van der Waals surface area (Å²) in [6.07, 6.45) is 0. The fourth-order valence-electron chi connectivity index (χ4n) is 1.05. The zero-order chi connectivity index (χ0) is 8.81. The molecule has 0 fully saturated rings. The third-order valence-corrected chi connectivity index (χ3v) is 1.51. The molecule has 0 saturated heterocycles. The standard InChI is InChI=1S/C11H12O/c1-3-5-10-6-4-7-11(8-10)9-12-2/h4,6-8H,9H2,1-2H3. The molecule has 0 aromatic heterocycles. The van der Waals surface area contributed by atoms with E-state index in [1.54, 1.807) is 7.11 Å². The lowest BCUT2D eigenvalue weighted by molar-refractivity contribution is 0.185. The van der Waals surface area contributed by atoms with Gasteiger partial charge in [0.1, 0.15) is 0 Å². The van der Waals surface area contributed by atoms with E-state index in [4.69, 9.17) is 4.74 Å². The molecule has 0 aliphatic rings. The fourth-order valence-corrected chi connectivity index (χ4v) is 1.05. The van der Waals surface area contributed by atoms with Gasteiger partial charge in [-0.15, -0.1) is 5.92 Å². The van der Waals surface area contributed by atoms with Crippen molar-refractivity contribution in [1.29, 1.82) is 0 Å². The average molecular weight is 160 g/mol. The van der Waals surface area contributed by atoms with Gasteiger partial charge in [-0.2, -0.15) is 0 Å². The number of hydrogen-bond acceptors (Lipinski definition) is 1. The van der Waals surface area contributed by atoms with Crippen molar-refractivity contribution in [3.05, 3.63) is 35.4 Å². The summed E-state index contributed by atoms with van der Waals surface area (Å²) in [6, 6.07) is 8.06. The lowest BCUT2D eigenvalue weighted by Crippen LogP contribution is -1.87. The molecule has 0 bridgehead atoms. The van der Waals surface area contributed by atoms with E-state index in [2.05, 4.69) is 11.8 Å². The second-order valence-electron chi connectivity index (χ2n) is 2.51. The summed E-state index contributed by atoms with van der Waals surface area (Å²) in [5, 5.41) is 0. The van der Waals surface area contributed by atoms with E-state index < -0.39 is 0 Å². The molecule has 0 spiro atoms. The van der Waals surface area contributed by atoms with Crippen LogP contribution in [0.25, 0.3) is 0 Å². The Kier molecular flexibility index (Phi) is 3.37. The minimum atomic E-state index is 0.652. The first-order valence-electron chi connectivity index (χ1n) is 3.87. The normalized spacial score (nSPS) is 8.83. The van der Waals surface area contributed by atoms with Gasteiger partial charge < -0.3 is 4.74 Å². The number of ether oxygens (including phenoxy) is 1. The molecule has 0 heterocycles. The van der Waals surface area contributed by atoms with Crippen molar-refractivity contribution >= 4 is 0 Å². The summed E-state index contributed by atoms with van der Waals surface area (Å²) in [5.41, 5.74) is 2.21. The third-order valence-electron chi connectivity index (χ3n) is 1.51. The van der Waals surface area contributed by atoms with E-state index in [0.29, 0.717) is 6.61 Å². The second-order valence-corrected chi connectivity index (χ2v) is 2.51. The Bertz CT molecular complexity index is 304. The Labute approximate surface area is 73.4 Å². The van der Waals surface area contributed by atoms with Crippen molar-refractivity contribution in [2.45, 2.75) is 13.5 Å². The van der Waals surface area contributed by atoms with Crippen LogP contribution in [0.4, 0.5) is 0 Å². The van der Waals surface area contributed by atoms with E-state index in [9.17, 15) is 0 Å². The van der Waals surface area contributed by atoms with E-state index >= 15 is 0 Å². The molecule has 62 valence electrons. The molecular weight excluding hydrogens is 148 g/mol. The van der Waals surface area contributed by atoms with E-state index in [-0.39, 0.29) is 0 Å². The van der Waals surface area contributed by atoms with Crippen molar-refractivity contribution in [3.63, 3.8) is 0 Å². The van der Waals surface area contributed by atoms with Gasteiger partial charge in [0.05, 0.1) is 6.61 Å². The molecule has 0 aliphatic heterocycles. The van der Waals surface area contributed by atoms with Gasteiger partial charge in [-0.25, -0.2) is 0 Å². The molecule has 0 unspecified atom stereocenters. The molecule has 0 N–H and O–H groups in total. The zero-order valence-corrected chi connectivity index (χ0v) is 7.42. The molecule has 1 heteroatoms. The van der Waals surface area contributed by atoms with Gasteiger partial charge in [-0.3, -0.25) is 0 Å². The van der Waals surface area contributed by atoms with Crippen LogP contribution in [0.3, 0.4) is 0 Å². The summed E-state index contributed by atoms with van der Waals surface area (Å²) in [4.78, 5) is 0. The number of methoxy groups -OCH3 is 1. The van der Waals surface area contributed by atoms with Crippen molar-refractivity contribution in [1.82, 2.24) is 0 Å². The topological polar surface area (TPSA) is 9.23 Å². The molecule has 0 atom stereocenters. The van der Waals surface area contributed by atoms with Crippen molar-refractivity contribution in [2.24, 2.45) is 0 Å². The predicted octanol–water partition coefficient (Wildman–Crippen LogP) is 2.20. The van der Waals surface area contributed by atoms with Gasteiger partial charge in [0.15, 0.2) is 0 Å². The van der Waals surface area contributed by atoms with Crippen LogP contribution in [0.15, 0.2) is 24.3 Å². The molecule has 12 heavy (non-hydrogen) atoms. The largest absolute Gasteiger partial charge is 0.380 e. The molecule has 0 aliphatic carbocycles. The maximum absolute atomic E-state index is 5.01. The van der Waals surface area contributed by atoms with E-state index in [0.717, 1.165) is 11.1 Å². The number of rotatable bonds is 2. The molecule has 0 amide bonds. The predicted molar refractivity (Wildman–Crippen MR) is 49.7 cm³/mol. The highest BCUT2D eigenvalue weighted by Gasteiger charge is 1.91. The van der Waals surface area contributed by atoms with Crippen molar-refractivity contribution in [2.75, 3.05) is 7.11 Å². The van der Waals surface area contributed by atoms with Crippen LogP contribution in [0.2, 0.25) is 0 Å². The summed E-state index contributed by atoms with van der Waals surface area (Å²) >= 11 is 0. The Morgan fingerprint density at radius 1 is 1.42 bits per heavy atom. The van der Waals surface area contributed by atoms with Crippen LogP contribution in [-0.2, 0) is 11.3 Å². The third kappa shape index (κ3) is 2.41. The minimum Gasteiger partial charge on any atom is -0.380 e. The Hall–Kier alpha value is -1.26. The first kappa shape index (κ1) is 8.83. The van der Waals surface area contributed by atoms with E-state index in [1.165, 1.54) is 0 Å². The molecule has 0 radical (unpaired) electrons. The van der Waals surface area contributed by atoms with Gasteiger partial charge in [-0.05, 0) is 24.6 Å². The maximum Gasteiger partial charge on any atom is 0.0713 e. The summed E-state index contributed by atoms with van der Waals surface area (Å²) in [6.45, 7) is 2.49. The Morgan fingerprint density at radius 2 is 2.25 bits per heavy atom. The lowest BCUT2D eigenvalue weighted by atomic mass is 10.1. The highest BCUT2D eigenvalue weighted by Crippen LogP contribution is 2.04. The van der Waals surface area contributed by atoms with Gasteiger partial charge in [-0.1, -0.05) is 18.1 Å². The van der Waals surface area contributed by atoms with Crippen LogP contribution in [0.1, 0.15) is 18.1 Å². The molecule has 1 aromatic rings. The van der Waals surface area contributed by atoms with Gasteiger partial charge in [0.2, 0.25) is 0 Å². The summed E-state index contributed by atoms with van der Waals surface area (Å²) in [5.74, 6) is 5.86. The molecule has 1 rings (SSSR count). The van der Waals surface area contributed by atoms with Crippen molar-refractivity contribution in [3.8, 4) is 11.8 Å². The molecule has 1 nitrogen and oxygen atoms in total. The number of hydrogen-bond donors (Lipinski definition) is 0. The smallest absolute Gasteiger partial charge is 0.0713 e. The molecule has 0 saturated carbocycles. The molecular formula is C11H12O. The van der Waals surface area contributed by atoms with Crippen LogP contribution in [-0.4, -0.2) is 7.11 Å². The SMILES string of the molecule is CC#Cc1cccc(COC)c1. The minimum absolute atomic E-state index is 0.652. The maximum atomic E-state index is 5.01. The van der Waals surface area contributed by atoms with Crippen LogP contribution in [0, 0.1) is 11.8 Å². The lowest BCUT2D eigenvalue weighted by Gasteiger charge is -1.98. The van der Waals surface area contributed by atoms with Crippen LogP contribution < -0.4 is 0 Å². The average Bonchev–Trinajstić information content (AvgIpc) is 2.06. The molecule has 1 aromatic carbocycles. The van der Waals surface area contributed by atoms with Gasteiger partial charge in [0.25, 0.3) is 0 Å². The van der Waals surface area contributed by atoms with Gasteiger partial charge in [0, 0.05) is 12.7 Å². The summed E-state index contributed by atoms with van der Waals surface area (Å²) < 4.78 is 5.01. The second kappa shape index (κ2) is 4.58. The number of benzene rings is 1. The Morgan fingerprint density at radius 3 is 2.92 bits per heavy atom. The van der Waals surface area contributed by atoms with E-state index in [1.807, 2.05) is 31.2 Å². The van der Waals surface area contributed by atoms with Crippen molar-refractivity contribution < 1.29 is 4.74 Å². The summed E-state index contributed by atoms with van der Waals surface area (Å²) in [7, 11) is 1.69. The Balaban J connectivity index is 2.85. The van der Waals surface area contributed by atoms with Crippen LogP contribution >= 0.6 is 0 Å². The fraction of sp³-hybridized carbons (Fsp3) is 0.273. The zero-order valence-electron chi connectivity index (χ0n) is 7.42.